The van der Waals surface area contributed by atoms with Gasteiger partial charge in [0.15, 0.2) is 0 Å². The van der Waals surface area contributed by atoms with Gasteiger partial charge in [-0.25, -0.2) is 4.79 Å². The first-order valence-electron chi connectivity index (χ1n) is 5.39. The molecule has 1 unspecified atom stereocenters. The summed E-state index contributed by atoms with van der Waals surface area (Å²) in [5.41, 5.74) is 0. The maximum absolute atomic E-state index is 11.0. The lowest BCUT2D eigenvalue weighted by atomic mass is 10.1. The average Bonchev–Trinajstić information content (AvgIpc) is 2.63. The summed E-state index contributed by atoms with van der Waals surface area (Å²) < 4.78 is 4.79. The third-order valence-electron chi connectivity index (χ3n) is 2.63. The van der Waals surface area contributed by atoms with Crippen molar-refractivity contribution in [2.75, 3.05) is 32.8 Å². The fraction of sp³-hybridized carbons (Fsp3) is 0.900. The van der Waals surface area contributed by atoms with E-state index in [9.17, 15) is 4.79 Å². The van der Waals surface area contributed by atoms with Gasteiger partial charge < -0.3 is 15.0 Å². The molecule has 0 radical (unpaired) electrons. The maximum Gasteiger partial charge on any atom is 0.407 e. The molecule has 82 valence electrons. The third kappa shape index (κ3) is 3.54. The van der Waals surface area contributed by atoms with Crippen molar-refractivity contribution in [3.05, 3.63) is 0 Å². The molecule has 0 aromatic heterocycles. The van der Waals surface area contributed by atoms with Crippen molar-refractivity contribution in [3.63, 3.8) is 0 Å². The topological polar surface area (TPSA) is 41.6 Å². The summed E-state index contributed by atoms with van der Waals surface area (Å²) in [6.07, 6.45) is 0.891. The lowest BCUT2D eigenvalue weighted by Gasteiger charge is -2.13. The van der Waals surface area contributed by atoms with Crippen LogP contribution < -0.4 is 5.32 Å². The molecular weight excluding hydrogens is 180 g/mol. The van der Waals surface area contributed by atoms with E-state index in [0.29, 0.717) is 12.5 Å². The van der Waals surface area contributed by atoms with Crippen LogP contribution >= 0.6 is 0 Å². The molecule has 0 aromatic rings. The lowest BCUT2D eigenvalue weighted by Crippen LogP contribution is -2.31. The zero-order chi connectivity index (χ0) is 10.4. The summed E-state index contributed by atoms with van der Waals surface area (Å²) in [6, 6.07) is 0. The fourth-order valence-electron chi connectivity index (χ4n) is 1.78. The van der Waals surface area contributed by atoms with Crippen LogP contribution in [-0.2, 0) is 4.74 Å². The number of carbonyl (C=O) groups excluding carboxylic acids is 1. The summed E-state index contributed by atoms with van der Waals surface area (Å²) in [7, 11) is 0. The Bertz CT molecular complexity index is 185. The molecule has 1 aliphatic rings. The van der Waals surface area contributed by atoms with Gasteiger partial charge in [0.2, 0.25) is 0 Å². The predicted molar refractivity (Wildman–Crippen MR) is 55.2 cm³/mol. The van der Waals surface area contributed by atoms with Gasteiger partial charge in [-0.05, 0) is 32.4 Å². The zero-order valence-corrected chi connectivity index (χ0v) is 9.08. The van der Waals surface area contributed by atoms with E-state index < -0.39 is 0 Å². The molecule has 1 saturated heterocycles. The number of carbonyl (C=O) groups is 1. The maximum atomic E-state index is 11.0. The molecule has 0 saturated carbocycles. The SMILES string of the molecule is CCOC(=O)NCC1CCN(CC)C1. The number of alkyl carbamates (subject to hydrolysis) is 1. The smallest absolute Gasteiger partial charge is 0.407 e. The van der Waals surface area contributed by atoms with Gasteiger partial charge in [-0.15, -0.1) is 0 Å². The summed E-state index contributed by atoms with van der Waals surface area (Å²) in [4.78, 5) is 13.4. The second-order valence-corrected chi connectivity index (χ2v) is 3.65. The minimum atomic E-state index is -0.289. The lowest BCUT2D eigenvalue weighted by molar-refractivity contribution is 0.150. The Morgan fingerprint density at radius 3 is 2.93 bits per heavy atom. The van der Waals surface area contributed by atoms with Gasteiger partial charge in [0, 0.05) is 13.1 Å². The first kappa shape index (κ1) is 11.3. The van der Waals surface area contributed by atoms with Crippen molar-refractivity contribution in [2.45, 2.75) is 20.3 Å². The second kappa shape index (κ2) is 5.86. The van der Waals surface area contributed by atoms with Crippen LogP contribution in [0.25, 0.3) is 0 Å². The molecule has 14 heavy (non-hydrogen) atoms. The number of nitrogens with zero attached hydrogens (tertiary/aromatic N) is 1. The Morgan fingerprint density at radius 1 is 1.57 bits per heavy atom. The second-order valence-electron chi connectivity index (χ2n) is 3.65. The molecular formula is C10H20N2O2. The molecule has 1 aliphatic heterocycles. The highest BCUT2D eigenvalue weighted by Gasteiger charge is 2.21. The molecule has 4 nitrogen and oxygen atoms in total. The van der Waals surface area contributed by atoms with Crippen LogP contribution in [0.5, 0.6) is 0 Å². The monoisotopic (exact) mass is 200 g/mol. The Kier molecular flexibility index (Phi) is 4.73. The quantitative estimate of drug-likeness (QED) is 0.738. The zero-order valence-electron chi connectivity index (χ0n) is 9.08. The molecule has 1 atom stereocenters. The van der Waals surface area contributed by atoms with Crippen molar-refractivity contribution >= 4 is 6.09 Å². The summed E-state index contributed by atoms with van der Waals surface area (Å²) >= 11 is 0. The van der Waals surface area contributed by atoms with E-state index in [2.05, 4.69) is 17.1 Å². The van der Waals surface area contributed by atoms with E-state index in [1.807, 2.05) is 6.92 Å². The highest BCUT2D eigenvalue weighted by molar-refractivity contribution is 5.67. The minimum absolute atomic E-state index is 0.289. The number of nitrogens with one attached hydrogen (secondary N) is 1. The third-order valence-corrected chi connectivity index (χ3v) is 2.63. The van der Waals surface area contributed by atoms with Crippen LogP contribution in [0.1, 0.15) is 20.3 Å². The number of hydrogen-bond acceptors (Lipinski definition) is 3. The Hall–Kier alpha value is -0.770. The molecule has 1 heterocycles. The summed E-state index contributed by atoms with van der Waals surface area (Å²) in [5, 5.41) is 2.78. The Morgan fingerprint density at radius 2 is 2.36 bits per heavy atom. The van der Waals surface area contributed by atoms with Crippen LogP contribution in [0.15, 0.2) is 0 Å². The van der Waals surface area contributed by atoms with E-state index in [1.54, 1.807) is 0 Å². The Labute approximate surface area is 85.6 Å². The number of amides is 1. The van der Waals surface area contributed by atoms with E-state index in [-0.39, 0.29) is 6.09 Å². The van der Waals surface area contributed by atoms with Gasteiger partial charge >= 0.3 is 6.09 Å². The molecule has 1 fully saturated rings. The fourth-order valence-corrected chi connectivity index (χ4v) is 1.78. The average molecular weight is 200 g/mol. The van der Waals surface area contributed by atoms with Crippen molar-refractivity contribution < 1.29 is 9.53 Å². The first-order chi connectivity index (χ1) is 6.76. The number of ether oxygens (including phenoxy) is 1. The summed E-state index contributed by atoms with van der Waals surface area (Å²) in [6.45, 7) is 8.53. The minimum Gasteiger partial charge on any atom is -0.450 e. The van der Waals surface area contributed by atoms with E-state index in [1.165, 1.54) is 6.42 Å². The van der Waals surface area contributed by atoms with E-state index in [0.717, 1.165) is 26.2 Å². The van der Waals surface area contributed by atoms with Gasteiger partial charge in [-0.1, -0.05) is 6.92 Å². The van der Waals surface area contributed by atoms with Gasteiger partial charge in [0.1, 0.15) is 0 Å². The number of rotatable bonds is 4. The van der Waals surface area contributed by atoms with E-state index in [4.69, 9.17) is 4.74 Å². The summed E-state index contributed by atoms with van der Waals surface area (Å²) in [5.74, 6) is 0.597. The molecule has 1 rings (SSSR count). The Balaban J connectivity index is 2.11. The van der Waals surface area contributed by atoms with Gasteiger partial charge in [0.05, 0.1) is 6.61 Å². The van der Waals surface area contributed by atoms with Gasteiger partial charge in [-0.3, -0.25) is 0 Å². The normalized spacial score (nSPS) is 22.3. The van der Waals surface area contributed by atoms with Crippen molar-refractivity contribution in [2.24, 2.45) is 5.92 Å². The molecule has 1 N–H and O–H groups in total. The molecule has 4 heteroatoms. The van der Waals surface area contributed by atoms with Crippen molar-refractivity contribution in [1.82, 2.24) is 10.2 Å². The molecule has 1 amide bonds. The van der Waals surface area contributed by atoms with E-state index >= 15 is 0 Å². The highest BCUT2D eigenvalue weighted by atomic mass is 16.5. The van der Waals surface area contributed by atoms with Crippen LogP contribution in [0.4, 0.5) is 4.79 Å². The van der Waals surface area contributed by atoms with Crippen molar-refractivity contribution in [1.29, 1.82) is 0 Å². The highest BCUT2D eigenvalue weighted by Crippen LogP contribution is 2.14. The molecule has 0 aliphatic carbocycles. The van der Waals surface area contributed by atoms with Crippen LogP contribution in [0, 0.1) is 5.92 Å². The van der Waals surface area contributed by atoms with Crippen LogP contribution in [0.3, 0.4) is 0 Å². The van der Waals surface area contributed by atoms with Crippen molar-refractivity contribution in [3.8, 4) is 0 Å². The first-order valence-corrected chi connectivity index (χ1v) is 5.39. The standard InChI is InChI=1S/C10H20N2O2/c1-3-12-6-5-9(8-12)7-11-10(13)14-4-2/h9H,3-8H2,1-2H3,(H,11,13). The van der Waals surface area contributed by atoms with Crippen LogP contribution in [0.2, 0.25) is 0 Å². The molecule has 0 bridgehead atoms. The predicted octanol–water partition coefficient (Wildman–Crippen LogP) is 1.07. The van der Waals surface area contributed by atoms with Gasteiger partial charge in [0.25, 0.3) is 0 Å². The number of hydrogen-bond donors (Lipinski definition) is 1. The largest absolute Gasteiger partial charge is 0.450 e. The van der Waals surface area contributed by atoms with Crippen LogP contribution in [-0.4, -0.2) is 43.8 Å². The molecule has 0 spiro atoms. The number of likely N-dealkylation sites (tertiary alicyclic amines) is 1. The van der Waals surface area contributed by atoms with Gasteiger partial charge in [-0.2, -0.15) is 0 Å². The molecule has 0 aromatic carbocycles.